The lowest BCUT2D eigenvalue weighted by atomic mass is 9.91. The SMILES string of the molecule is CC(C[C@H]1CCSc2ccccc21)S(N)=O. The second-order valence-corrected chi connectivity index (χ2v) is 6.85. The van der Waals surface area contributed by atoms with Gasteiger partial charge in [-0.3, -0.25) is 5.14 Å². The molecule has 1 heterocycles. The van der Waals surface area contributed by atoms with Crippen molar-refractivity contribution >= 4 is 22.7 Å². The van der Waals surface area contributed by atoms with Gasteiger partial charge in [0, 0.05) is 10.1 Å². The molecule has 2 unspecified atom stereocenters. The molecule has 2 N–H and O–H groups in total. The van der Waals surface area contributed by atoms with Crippen LogP contribution in [-0.2, 0) is 11.0 Å². The maximum Gasteiger partial charge on any atom is 0.0917 e. The van der Waals surface area contributed by atoms with Gasteiger partial charge in [0.2, 0.25) is 0 Å². The van der Waals surface area contributed by atoms with E-state index in [1.54, 1.807) is 0 Å². The third-order valence-corrected chi connectivity index (χ3v) is 5.20. The first-order chi connectivity index (χ1) is 7.68. The van der Waals surface area contributed by atoms with Gasteiger partial charge < -0.3 is 0 Å². The van der Waals surface area contributed by atoms with Gasteiger partial charge in [0.1, 0.15) is 0 Å². The highest BCUT2D eigenvalue weighted by Crippen LogP contribution is 2.39. The highest BCUT2D eigenvalue weighted by molar-refractivity contribution is 7.99. The molecule has 2 rings (SSSR count). The van der Waals surface area contributed by atoms with Crippen LogP contribution in [-0.4, -0.2) is 15.2 Å². The molecule has 0 bridgehead atoms. The van der Waals surface area contributed by atoms with E-state index in [4.69, 9.17) is 5.14 Å². The average molecular weight is 255 g/mol. The van der Waals surface area contributed by atoms with Crippen molar-refractivity contribution in [3.63, 3.8) is 0 Å². The minimum Gasteiger partial charge on any atom is -0.252 e. The zero-order chi connectivity index (χ0) is 11.5. The van der Waals surface area contributed by atoms with Crippen molar-refractivity contribution in [3.8, 4) is 0 Å². The lowest BCUT2D eigenvalue weighted by Gasteiger charge is -2.26. The fraction of sp³-hybridized carbons (Fsp3) is 0.500. The second-order valence-electron chi connectivity index (χ2n) is 4.25. The summed E-state index contributed by atoms with van der Waals surface area (Å²) < 4.78 is 11.2. The van der Waals surface area contributed by atoms with Crippen LogP contribution in [0, 0.1) is 0 Å². The normalized spacial score (nSPS) is 23.5. The van der Waals surface area contributed by atoms with Crippen LogP contribution in [0.2, 0.25) is 0 Å². The summed E-state index contributed by atoms with van der Waals surface area (Å²) in [7, 11) is -1.20. The molecule has 3 atom stereocenters. The van der Waals surface area contributed by atoms with Crippen LogP contribution in [0.3, 0.4) is 0 Å². The first kappa shape index (κ1) is 12.1. The van der Waals surface area contributed by atoms with Crippen LogP contribution in [0.5, 0.6) is 0 Å². The van der Waals surface area contributed by atoms with Gasteiger partial charge >= 0.3 is 0 Å². The van der Waals surface area contributed by atoms with Gasteiger partial charge in [0.15, 0.2) is 0 Å². The van der Waals surface area contributed by atoms with Crippen LogP contribution in [0.15, 0.2) is 29.2 Å². The van der Waals surface area contributed by atoms with E-state index in [9.17, 15) is 4.21 Å². The number of hydrogen-bond acceptors (Lipinski definition) is 2. The first-order valence-corrected chi connectivity index (χ1v) is 7.81. The lowest BCUT2D eigenvalue weighted by Crippen LogP contribution is -2.22. The van der Waals surface area contributed by atoms with Crippen molar-refractivity contribution < 1.29 is 4.21 Å². The Bertz CT molecular complexity index is 394. The lowest BCUT2D eigenvalue weighted by molar-refractivity contribution is 0.579. The summed E-state index contributed by atoms with van der Waals surface area (Å²) in [4.78, 5) is 1.38. The molecule has 0 aliphatic carbocycles. The van der Waals surface area contributed by atoms with E-state index >= 15 is 0 Å². The van der Waals surface area contributed by atoms with Gasteiger partial charge in [0.25, 0.3) is 0 Å². The van der Waals surface area contributed by atoms with Gasteiger partial charge in [-0.1, -0.05) is 18.2 Å². The predicted molar refractivity (Wildman–Crippen MR) is 70.9 cm³/mol. The number of rotatable bonds is 3. The summed E-state index contributed by atoms with van der Waals surface area (Å²) in [6.07, 6.45) is 2.10. The summed E-state index contributed by atoms with van der Waals surface area (Å²) in [5, 5.41) is 5.52. The largest absolute Gasteiger partial charge is 0.252 e. The van der Waals surface area contributed by atoms with Crippen molar-refractivity contribution in [1.82, 2.24) is 0 Å². The van der Waals surface area contributed by atoms with E-state index in [2.05, 4.69) is 24.3 Å². The van der Waals surface area contributed by atoms with E-state index in [0.717, 1.165) is 12.2 Å². The van der Waals surface area contributed by atoms with Crippen molar-refractivity contribution in [2.24, 2.45) is 5.14 Å². The van der Waals surface area contributed by atoms with Crippen LogP contribution >= 0.6 is 11.8 Å². The van der Waals surface area contributed by atoms with Gasteiger partial charge in [-0.15, -0.1) is 11.8 Å². The standard InChI is InChI=1S/C12H17NOS2/c1-9(16(13)14)8-10-6-7-15-12-5-3-2-4-11(10)12/h2-5,9-10H,6-8,13H2,1H3/t9?,10-,16?/m1/s1. The van der Waals surface area contributed by atoms with E-state index in [1.165, 1.54) is 16.9 Å². The molecule has 0 fully saturated rings. The number of nitrogens with two attached hydrogens (primary N) is 1. The van der Waals surface area contributed by atoms with Gasteiger partial charge in [-0.05, 0) is 43.1 Å². The monoisotopic (exact) mass is 255 g/mol. The van der Waals surface area contributed by atoms with E-state index in [1.807, 2.05) is 18.7 Å². The average Bonchev–Trinajstić information content (AvgIpc) is 2.29. The molecule has 2 nitrogen and oxygen atoms in total. The smallest absolute Gasteiger partial charge is 0.0917 e. The van der Waals surface area contributed by atoms with Crippen LogP contribution < -0.4 is 5.14 Å². The minimum atomic E-state index is -1.20. The van der Waals surface area contributed by atoms with Crippen molar-refractivity contribution in [1.29, 1.82) is 0 Å². The fourth-order valence-electron chi connectivity index (χ4n) is 2.16. The Morgan fingerprint density at radius 1 is 1.56 bits per heavy atom. The molecule has 0 radical (unpaired) electrons. The summed E-state index contributed by atoms with van der Waals surface area (Å²) in [6, 6.07) is 8.54. The maximum atomic E-state index is 11.2. The number of hydrogen-bond donors (Lipinski definition) is 1. The molecule has 1 aliphatic heterocycles. The molecule has 16 heavy (non-hydrogen) atoms. The zero-order valence-electron chi connectivity index (χ0n) is 9.39. The Hall–Kier alpha value is -0.320. The Morgan fingerprint density at radius 2 is 2.31 bits per heavy atom. The molecule has 0 saturated heterocycles. The van der Waals surface area contributed by atoms with Crippen LogP contribution in [0.4, 0.5) is 0 Å². The predicted octanol–water partition coefficient (Wildman–Crippen LogP) is 2.67. The first-order valence-electron chi connectivity index (χ1n) is 5.55. The molecular formula is C12H17NOS2. The summed E-state index contributed by atoms with van der Waals surface area (Å²) in [6.45, 7) is 1.97. The van der Waals surface area contributed by atoms with Crippen molar-refractivity contribution in [2.75, 3.05) is 5.75 Å². The van der Waals surface area contributed by atoms with Gasteiger partial charge in [-0.2, -0.15) is 0 Å². The highest BCUT2D eigenvalue weighted by Gasteiger charge is 2.23. The van der Waals surface area contributed by atoms with Crippen molar-refractivity contribution in [2.45, 2.75) is 35.8 Å². The molecular weight excluding hydrogens is 238 g/mol. The highest BCUT2D eigenvalue weighted by atomic mass is 32.2. The molecule has 1 aliphatic rings. The molecule has 1 aromatic rings. The Kier molecular flexibility index (Phi) is 4.05. The van der Waals surface area contributed by atoms with E-state index in [0.29, 0.717) is 5.92 Å². The molecule has 1 aromatic carbocycles. The maximum absolute atomic E-state index is 11.2. The zero-order valence-corrected chi connectivity index (χ0v) is 11.0. The van der Waals surface area contributed by atoms with Gasteiger partial charge in [-0.25, -0.2) is 4.21 Å². The number of thioether (sulfide) groups is 1. The van der Waals surface area contributed by atoms with Gasteiger partial charge in [0.05, 0.1) is 11.0 Å². The summed E-state index contributed by atoms with van der Waals surface area (Å²) in [5.74, 6) is 1.69. The van der Waals surface area contributed by atoms with Crippen molar-refractivity contribution in [3.05, 3.63) is 29.8 Å². The third-order valence-electron chi connectivity index (χ3n) is 3.10. The summed E-state index contributed by atoms with van der Waals surface area (Å²) in [5.41, 5.74) is 1.41. The quantitative estimate of drug-likeness (QED) is 0.902. The Balaban J connectivity index is 2.16. The molecule has 0 spiro atoms. The summed E-state index contributed by atoms with van der Waals surface area (Å²) >= 11 is 1.92. The van der Waals surface area contributed by atoms with E-state index in [-0.39, 0.29) is 5.25 Å². The van der Waals surface area contributed by atoms with Crippen LogP contribution in [0.25, 0.3) is 0 Å². The molecule has 0 amide bonds. The topological polar surface area (TPSA) is 43.1 Å². The van der Waals surface area contributed by atoms with Crippen LogP contribution in [0.1, 0.15) is 31.2 Å². The Labute approximate surface area is 104 Å². The molecule has 88 valence electrons. The number of benzene rings is 1. The minimum absolute atomic E-state index is 0.0844. The molecule has 4 heteroatoms. The third kappa shape index (κ3) is 2.67. The second kappa shape index (κ2) is 5.34. The van der Waals surface area contributed by atoms with E-state index < -0.39 is 11.0 Å². The number of fused-ring (bicyclic) bond motifs is 1. The Morgan fingerprint density at radius 3 is 3.06 bits per heavy atom. The fourth-order valence-corrected chi connectivity index (χ4v) is 3.78. The molecule has 0 aromatic heterocycles. The molecule has 0 saturated carbocycles.